The van der Waals surface area contributed by atoms with Gasteiger partial charge < -0.3 is 4.90 Å². The van der Waals surface area contributed by atoms with Gasteiger partial charge >= 0.3 is 0 Å². The summed E-state index contributed by atoms with van der Waals surface area (Å²) in [7, 11) is 2.06. The van der Waals surface area contributed by atoms with E-state index < -0.39 is 0 Å². The Morgan fingerprint density at radius 2 is 1.92 bits per heavy atom. The van der Waals surface area contributed by atoms with Gasteiger partial charge in [0.25, 0.3) is 0 Å². The number of nitrogens with zero attached hydrogens (tertiary/aromatic N) is 5. The standard InChI is InChI=1S/C19H19N5S/c1-3-14-6-8-15(9-7-14)12-23(2)19-22-24-13-17(21-18(24)25-19)16-5-4-10-20-11-16/h4-11,13H,3,12H2,1-2H3. The number of fused-ring (bicyclic) bond motifs is 1. The highest BCUT2D eigenvalue weighted by atomic mass is 32.1. The number of imidazole rings is 1. The second-order valence-electron chi connectivity index (χ2n) is 6.01. The molecule has 4 rings (SSSR count). The lowest BCUT2D eigenvalue weighted by Gasteiger charge is -2.15. The molecular formula is C19H19N5S. The normalized spacial score (nSPS) is 11.1. The lowest BCUT2D eigenvalue weighted by molar-refractivity contribution is 0.870. The molecule has 25 heavy (non-hydrogen) atoms. The average molecular weight is 349 g/mol. The summed E-state index contributed by atoms with van der Waals surface area (Å²) in [5, 5.41) is 5.63. The third-order valence-corrected chi connectivity index (χ3v) is 5.20. The minimum Gasteiger partial charge on any atom is -0.345 e. The van der Waals surface area contributed by atoms with Gasteiger partial charge in [-0.05, 0) is 29.7 Å². The zero-order chi connectivity index (χ0) is 17.2. The zero-order valence-corrected chi connectivity index (χ0v) is 15.1. The Morgan fingerprint density at radius 1 is 1.12 bits per heavy atom. The van der Waals surface area contributed by atoms with Crippen LogP contribution in [0.4, 0.5) is 5.13 Å². The third kappa shape index (κ3) is 3.25. The van der Waals surface area contributed by atoms with Crippen LogP contribution in [-0.4, -0.2) is 26.6 Å². The molecule has 0 aliphatic carbocycles. The highest BCUT2D eigenvalue weighted by Gasteiger charge is 2.13. The first-order chi connectivity index (χ1) is 12.2. The van der Waals surface area contributed by atoms with Gasteiger partial charge in [-0.2, -0.15) is 0 Å². The molecule has 0 spiro atoms. The fraction of sp³-hybridized carbons (Fsp3) is 0.211. The van der Waals surface area contributed by atoms with Crippen molar-refractivity contribution in [3.63, 3.8) is 0 Å². The Balaban J connectivity index is 1.53. The topological polar surface area (TPSA) is 46.3 Å². The number of hydrogen-bond acceptors (Lipinski definition) is 5. The number of aryl methyl sites for hydroxylation is 1. The van der Waals surface area contributed by atoms with Gasteiger partial charge in [-0.3, -0.25) is 4.98 Å². The molecule has 3 aromatic heterocycles. The SMILES string of the molecule is CCc1ccc(CN(C)c2nn3cc(-c4cccnc4)nc3s2)cc1. The maximum absolute atomic E-state index is 4.67. The van der Waals surface area contributed by atoms with Crippen LogP contribution in [0.25, 0.3) is 16.2 Å². The average Bonchev–Trinajstić information content (AvgIpc) is 3.22. The minimum absolute atomic E-state index is 0.829. The Bertz CT molecular complexity index is 941. The van der Waals surface area contributed by atoms with E-state index in [9.17, 15) is 0 Å². The monoisotopic (exact) mass is 349 g/mol. The van der Waals surface area contributed by atoms with Crippen LogP contribution in [0.2, 0.25) is 0 Å². The summed E-state index contributed by atoms with van der Waals surface area (Å²) in [6.45, 7) is 3.00. The van der Waals surface area contributed by atoms with E-state index in [2.05, 4.69) is 58.2 Å². The zero-order valence-electron chi connectivity index (χ0n) is 14.3. The van der Waals surface area contributed by atoms with Gasteiger partial charge in [0.05, 0.1) is 11.9 Å². The van der Waals surface area contributed by atoms with Crippen molar-refractivity contribution in [2.45, 2.75) is 19.9 Å². The highest BCUT2D eigenvalue weighted by molar-refractivity contribution is 7.20. The van der Waals surface area contributed by atoms with E-state index in [1.165, 1.54) is 11.1 Å². The van der Waals surface area contributed by atoms with Crippen molar-refractivity contribution in [1.29, 1.82) is 0 Å². The molecule has 0 saturated heterocycles. The first kappa shape index (κ1) is 15.8. The van der Waals surface area contributed by atoms with E-state index in [0.29, 0.717) is 0 Å². The van der Waals surface area contributed by atoms with Gasteiger partial charge in [0, 0.05) is 31.5 Å². The third-order valence-electron chi connectivity index (χ3n) is 4.17. The molecule has 6 heteroatoms. The molecule has 0 N–H and O–H groups in total. The maximum Gasteiger partial charge on any atom is 0.214 e. The second kappa shape index (κ2) is 6.64. The van der Waals surface area contributed by atoms with Gasteiger partial charge in [0.1, 0.15) is 0 Å². The molecule has 0 radical (unpaired) electrons. The fourth-order valence-electron chi connectivity index (χ4n) is 2.72. The van der Waals surface area contributed by atoms with Gasteiger partial charge in [-0.15, -0.1) is 5.10 Å². The molecule has 3 heterocycles. The van der Waals surface area contributed by atoms with Crippen LogP contribution in [0, 0.1) is 0 Å². The van der Waals surface area contributed by atoms with Crippen molar-refractivity contribution >= 4 is 21.4 Å². The number of rotatable bonds is 5. The summed E-state index contributed by atoms with van der Waals surface area (Å²) in [4.78, 5) is 11.9. The van der Waals surface area contributed by atoms with Crippen molar-refractivity contribution < 1.29 is 0 Å². The van der Waals surface area contributed by atoms with E-state index in [1.807, 2.05) is 29.0 Å². The molecule has 5 nitrogen and oxygen atoms in total. The molecule has 0 bridgehead atoms. The molecule has 0 amide bonds. The molecule has 0 atom stereocenters. The molecule has 4 aromatic rings. The summed E-state index contributed by atoms with van der Waals surface area (Å²) in [5.74, 6) is 0. The molecule has 1 aromatic carbocycles. The van der Waals surface area contributed by atoms with Crippen LogP contribution < -0.4 is 4.90 Å². The van der Waals surface area contributed by atoms with Crippen LogP contribution in [0.15, 0.2) is 55.0 Å². The first-order valence-electron chi connectivity index (χ1n) is 8.28. The number of pyridine rings is 1. The van der Waals surface area contributed by atoms with Crippen LogP contribution >= 0.6 is 11.3 Å². The summed E-state index contributed by atoms with van der Waals surface area (Å²) >= 11 is 1.59. The first-order valence-corrected chi connectivity index (χ1v) is 9.10. The molecule has 0 aliphatic heterocycles. The van der Waals surface area contributed by atoms with Crippen molar-refractivity contribution in [2.24, 2.45) is 0 Å². The van der Waals surface area contributed by atoms with Crippen molar-refractivity contribution in [1.82, 2.24) is 19.6 Å². The van der Waals surface area contributed by atoms with Crippen molar-refractivity contribution in [3.05, 3.63) is 66.1 Å². The van der Waals surface area contributed by atoms with Crippen LogP contribution in [0.1, 0.15) is 18.1 Å². The predicted molar refractivity (Wildman–Crippen MR) is 102 cm³/mol. The van der Waals surface area contributed by atoms with Crippen LogP contribution in [0.3, 0.4) is 0 Å². The minimum atomic E-state index is 0.829. The van der Waals surface area contributed by atoms with Gasteiger partial charge in [0.15, 0.2) is 0 Å². The number of anilines is 1. The summed E-state index contributed by atoms with van der Waals surface area (Å²) in [6, 6.07) is 12.7. The molecule has 0 unspecified atom stereocenters. The molecule has 0 saturated carbocycles. The van der Waals surface area contributed by atoms with Crippen LogP contribution in [0.5, 0.6) is 0 Å². The van der Waals surface area contributed by atoms with Crippen molar-refractivity contribution in [2.75, 3.05) is 11.9 Å². The van der Waals surface area contributed by atoms with Gasteiger partial charge in [-0.1, -0.05) is 42.5 Å². The summed E-state index contributed by atoms with van der Waals surface area (Å²) in [5.41, 5.74) is 4.55. The Kier molecular flexibility index (Phi) is 4.19. The summed E-state index contributed by atoms with van der Waals surface area (Å²) in [6.07, 6.45) is 6.61. The molecular weight excluding hydrogens is 330 g/mol. The van der Waals surface area contributed by atoms with Gasteiger partial charge in [0.2, 0.25) is 10.1 Å². The van der Waals surface area contributed by atoms with Gasteiger partial charge in [-0.25, -0.2) is 9.50 Å². The number of benzene rings is 1. The lowest BCUT2D eigenvalue weighted by atomic mass is 10.1. The second-order valence-corrected chi connectivity index (χ2v) is 6.94. The van der Waals surface area contributed by atoms with E-state index >= 15 is 0 Å². The molecule has 0 fully saturated rings. The smallest absolute Gasteiger partial charge is 0.214 e. The number of hydrogen-bond donors (Lipinski definition) is 0. The quantitative estimate of drug-likeness (QED) is 0.545. The number of aromatic nitrogens is 4. The Labute approximate surface area is 150 Å². The van der Waals surface area contributed by atoms with E-state index in [-0.39, 0.29) is 0 Å². The highest BCUT2D eigenvalue weighted by Crippen LogP contribution is 2.26. The maximum atomic E-state index is 4.67. The van der Waals surface area contributed by atoms with Crippen LogP contribution in [-0.2, 0) is 13.0 Å². The molecule has 126 valence electrons. The molecule has 0 aliphatic rings. The van der Waals surface area contributed by atoms with Crippen molar-refractivity contribution in [3.8, 4) is 11.3 Å². The lowest BCUT2D eigenvalue weighted by Crippen LogP contribution is -2.16. The Hall–Kier alpha value is -2.73. The fourth-order valence-corrected chi connectivity index (χ4v) is 3.56. The predicted octanol–water partition coefficient (Wildman–Crippen LogP) is 4.05. The van der Waals surface area contributed by atoms with E-state index in [1.54, 1.807) is 17.5 Å². The van der Waals surface area contributed by atoms with E-state index in [0.717, 1.165) is 34.3 Å². The Morgan fingerprint density at radius 3 is 2.60 bits per heavy atom. The summed E-state index contributed by atoms with van der Waals surface area (Å²) < 4.78 is 1.85. The largest absolute Gasteiger partial charge is 0.345 e. The van der Waals surface area contributed by atoms with E-state index in [4.69, 9.17) is 0 Å².